The Kier molecular flexibility index (Phi) is 8.06. The van der Waals surface area contributed by atoms with Crippen LogP contribution >= 0.6 is 15.9 Å². The highest BCUT2D eigenvalue weighted by molar-refractivity contribution is 9.10. The van der Waals surface area contributed by atoms with E-state index >= 15 is 0 Å². The molecule has 41 heavy (non-hydrogen) atoms. The van der Waals surface area contributed by atoms with Gasteiger partial charge >= 0.3 is 6.09 Å². The van der Waals surface area contributed by atoms with Crippen LogP contribution in [0, 0.1) is 6.92 Å². The molecule has 0 aliphatic carbocycles. The van der Waals surface area contributed by atoms with Crippen molar-refractivity contribution < 1.29 is 19.1 Å². The van der Waals surface area contributed by atoms with Gasteiger partial charge in [0.05, 0.1) is 28.2 Å². The van der Waals surface area contributed by atoms with Crippen molar-refractivity contribution >= 4 is 45.2 Å². The van der Waals surface area contributed by atoms with E-state index in [1.54, 1.807) is 64.3 Å². The Labute approximate surface area is 244 Å². The summed E-state index contributed by atoms with van der Waals surface area (Å²) in [5.41, 5.74) is 3.07. The summed E-state index contributed by atoms with van der Waals surface area (Å²) < 4.78 is 10.8. The van der Waals surface area contributed by atoms with E-state index in [-0.39, 0.29) is 17.7 Å². The molecule has 216 valence electrons. The first-order valence-electron chi connectivity index (χ1n) is 13.4. The fraction of sp³-hybridized carbons (Fsp3) is 0.423. The minimum absolute atomic E-state index is 0.121. The van der Waals surface area contributed by atoms with E-state index in [2.05, 4.69) is 41.5 Å². The van der Waals surface area contributed by atoms with Gasteiger partial charge in [-0.05, 0) is 49.7 Å². The number of ether oxygens (including phenoxy) is 1. The Balaban J connectivity index is 1.28. The van der Waals surface area contributed by atoms with Gasteiger partial charge in [-0.2, -0.15) is 15.3 Å². The molecular formula is C26H31BrN10O4. The average molecular weight is 628 g/mol. The third-order valence-corrected chi connectivity index (χ3v) is 7.49. The fourth-order valence-electron chi connectivity index (χ4n) is 4.61. The van der Waals surface area contributed by atoms with Gasteiger partial charge in [0.1, 0.15) is 11.7 Å². The summed E-state index contributed by atoms with van der Waals surface area (Å²) in [6.07, 6.45) is 4.80. The lowest BCUT2D eigenvalue weighted by molar-refractivity contribution is -0.136. The lowest BCUT2D eigenvalue weighted by Crippen LogP contribution is -2.52. The molecule has 1 atom stereocenters. The molecule has 3 amide bonds. The zero-order chi connectivity index (χ0) is 29.3. The zero-order valence-corrected chi connectivity index (χ0v) is 24.8. The van der Waals surface area contributed by atoms with Crippen LogP contribution in [0.1, 0.15) is 43.0 Å². The third-order valence-electron chi connectivity index (χ3n) is 6.91. The van der Waals surface area contributed by atoms with E-state index in [0.29, 0.717) is 67.7 Å². The summed E-state index contributed by atoms with van der Waals surface area (Å²) in [5.74, 6) is -0.555. The number of aryl methyl sites for hydroxylation is 2. The molecule has 1 aliphatic heterocycles. The number of hydrogen-bond acceptors (Lipinski definition) is 8. The molecule has 5 rings (SSSR count). The van der Waals surface area contributed by atoms with Gasteiger partial charge in [0, 0.05) is 57.4 Å². The summed E-state index contributed by atoms with van der Waals surface area (Å²) in [6, 6.07) is 2.79. The van der Waals surface area contributed by atoms with Gasteiger partial charge in [0.25, 0.3) is 5.91 Å². The van der Waals surface area contributed by atoms with Crippen molar-refractivity contribution in [3.05, 3.63) is 46.6 Å². The van der Waals surface area contributed by atoms with Crippen LogP contribution in [0.3, 0.4) is 0 Å². The maximum Gasteiger partial charge on any atom is 0.409 e. The fourth-order valence-corrected chi connectivity index (χ4v) is 5.13. The van der Waals surface area contributed by atoms with Crippen LogP contribution in [0.25, 0.3) is 17.0 Å². The van der Waals surface area contributed by atoms with Crippen LogP contribution in [-0.2, 0) is 16.1 Å². The summed E-state index contributed by atoms with van der Waals surface area (Å²) in [4.78, 5) is 46.0. The van der Waals surface area contributed by atoms with Gasteiger partial charge in [-0.25, -0.2) is 14.3 Å². The van der Waals surface area contributed by atoms with Crippen molar-refractivity contribution in [1.82, 2.24) is 44.0 Å². The molecule has 0 radical (unpaired) electrons. The molecule has 1 unspecified atom stereocenters. The molecule has 1 fully saturated rings. The van der Waals surface area contributed by atoms with Crippen molar-refractivity contribution in [3.8, 4) is 11.4 Å². The van der Waals surface area contributed by atoms with Gasteiger partial charge in [0.2, 0.25) is 5.91 Å². The number of anilines is 1. The van der Waals surface area contributed by atoms with E-state index < -0.39 is 11.9 Å². The van der Waals surface area contributed by atoms with Crippen LogP contribution in [0.5, 0.6) is 0 Å². The van der Waals surface area contributed by atoms with Gasteiger partial charge in [-0.3, -0.25) is 19.0 Å². The molecule has 1 saturated heterocycles. The number of halogens is 1. The first-order valence-corrected chi connectivity index (χ1v) is 14.1. The molecule has 4 aromatic heterocycles. The molecule has 1 aliphatic rings. The number of nitrogens with zero attached hydrogens (tertiary/aromatic N) is 9. The maximum absolute atomic E-state index is 13.2. The molecule has 0 aromatic carbocycles. The zero-order valence-electron chi connectivity index (χ0n) is 23.2. The second-order valence-electron chi connectivity index (χ2n) is 9.56. The van der Waals surface area contributed by atoms with Crippen molar-refractivity contribution in [2.24, 2.45) is 0 Å². The highest BCUT2D eigenvalue weighted by Gasteiger charge is 2.29. The summed E-state index contributed by atoms with van der Waals surface area (Å²) in [6.45, 7) is 9.92. The van der Waals surface area contributed by atoms with Gasteiger partial charge in [0.15, 0.2) is 11.3 Å². The Hall–Kier alpha value is -4.27. The number of hydrogen-bond donors (Lipinski definition) is 1. The topological polar surface area (TPSA) is 145 Å². The first-order chi connectivity index (χ1) is 19.7. The number of carbonyl (C=O) groups excluding carboxylic acids is 3. The molecule has 0 saturated carbocycles. The van der Waals surface area contributed by atoms with Crippen molar-refractivity contribution in [1.29, 1.82) is 0 Å². The van der Waals surface area contributed by atoms with E-state index in [4.69, 9.17) is 4.74 Å². The van der Waals surface area contributed by atoms with Crippen molar-refractivity contribution in [2.75, 3.05) is 38.1 Å². The van der Waals surface area contributed by atoms with Gasteiger partial charge < -0.3 is 19.9 Å². The molecule has 5 heterocycles. The summed E-state index contributed by atoms with van der Waals surface area (Å²) in [5, 5.41) is 16.4. The van der Waals surface area contributed by atoms with E-state index in [0.717, 1.165) is 4.47 Å². The lowest BCUT2D eigenvalue weighted by atomic mass is 10.2. The number of amides is 3. The largest absolute Gasteiger partial charge is 0.450 e. The summed E-state index contributed by atoms with van der Waals surface area (Å²) in [7, 11) is 0. The first kappa shape index (κ1) is 28.3. The third kappa shape index (κ3) is 5.66. The second-order valence-corrected chi connectivity index (χ2v) is 10.4. The molecule has 0 spiro atoms. The predicted octanol–water partition coefficient (Wildman–Crippen LogP) is 2.99. The maximum atomic E-state index is 13.2. The number of aromatic nitrogens is 7. The number of rotatable bonds is 7. The van der Waals surface area contributed by atoms with Gasteiger partial charge in [-0.1, -0.05) is 0 Å². The number of nitrogens with one attached hydrogen (secondary N) is 1. The minimum Gasteiger partial charge on any atom is -0.450 e. The molecule has 0 bridgehead atoms. The van der Waals surface area contributed by atoms with E-state index in [1.807, 2.05) is 13.1 Å². The van der Waals surface area contributed by atoms with Crippen LogP contribution in [-0.4, -0.2) is 94.7 Å². The second kappa shape index (κ2) is 11.7. The average Bonchev–Trinajstić information content (AvgIpc) is 3.68. The highest BCUT2D eigenvalue weighted by atomic mass is 79.9. The van der Waals surface area contributed by atoms with Gasteiger partial charge in [-0.15, -0.1) is 0 Å². The standard InChI is InChI=1S/C26H31BrN10O4/c1-5-35-14-18(27)23(32-35)21-7-8-28-22-13-19(31-37(21)22)24(38)29-20-15-36(30-16(20)3)17(4)25(39)33-9-11-34(12-10-33)26(40)41-6-2/h7-8,13-15,17H,5-6,9-12H2,1-4H3,(H,29,38). The number of piperazine rings is 1. The van der Waals surface area contributed by atoms with Crippen molar-refractivity contribution in [2.45, 2.75) is 40.3 Å². The number of carbonyl (C=O) groups is 3. The lowest BCUT2D eigenvalue weighted by Gasteiger charge is -2.35. The minimum atomic E-state index is -0.600. The molecule has 1 N–H and O–H groups in total. The highest BCUT2D eigenvalue weighted by Crippen LogP contribution is 2.27. The summed E-state index contributed by atoms with van der Waals surface area (Å²) >= 11 is 3.55. The predicted molar refractivity (Wildman–Crippen MR) is 152 cm³/mol. The monoisotopic (exact) mass is 626 g/mol. The van der Waals surface area contributed by atoms with Crippen molar-refractivity contribution in [3.63, 3.8) is 0 Å². The molecule has 14 nitrogen and oxygen atoms in total. The van der Waals surface area contributed by atoms with Crippen LogP contribution < -0.4 is 5.32 Å². The normalized spacial score (nSPS) is 14.4. The SMILES string of the molecule is CCOC(=O)N1CCN(C(=O)C(C)n2cc(NC(=O)c3cc4nccc(-c5nn(CC)cc5Br)n4n3)c(C)n2)CC1. The van der Waals surface area contributed by atoms with Crippen LogP contribution in [0.15, 0.2) is 35.2 Å². The van der Waals surface area contributed by atoms with Crippen LogP contribution in [0.4, 0.5) is 10.5 Å². The Morgan fingerprint density at radius 1 is 1.07 bits per heavy atom. The molecule has 4 aromatic rings. The quantitative estimate of drug-likeness (QED) is 0.329. The Morgan fingerprint density at radius 3 is 2.49 bits per heavy atom. The van der Waals surface area contributed by atoms with E-state index in [1.165, 1.54) is 4.68 Å². The Bertz CT molecular complexity index is 1600. The smallest absolute Gasteiger partial charge is 0.409 e. The number of fused-ring (bicyclic) bond motifs is 1. The molecular weight excluding hydrogens is 596 g/mol. The molecule has 15 heteroatoms. The Morgan fingerprint density at radius 2 is 1.80 bits per heavy atom. The van der Waals surface area contributed by atoms with E-state index in [9.17, 15) is 14.4 Å². The van der Waals surface area contributed by atoms with Crippen LogP contribution in [0.2, 0.25) is 0 Å².